The minimum Gasteiger partial charge on any atom is -0.305 e. The fraction of sp³-hybridized carbons (Fsp3) is 0.250. The molecule has 0 atom stereocenters. The van der Waals surface area contributed by atoms with E-state index < -0.39 is 0 Å². The maximum Gasteiger partial charge on any atom is 0.242 e. The van der Waals surface area contributed by atoms with Crippen molar-refractivity contribution in [3.8, 4) is 0 Å². The molecular formula is C12H11ClN4O. The van der Waals surface area contributed by atoms with Gasteiger partial charge in [-0.25, -0.2) is 9.99 Å². The maximum absolute atomic E-state index is 11.4. The Morgan fingerprint density at radius 2 is 2.28 bits per heavy atom. The Bertz CT molecular complexity index is 634. The Hall–Kier alpha value is -1.88. The minimum absolute atomic E-state index is 0.0676. The molecule has 1 fully saturated rings. The zero-order valence-electron chi connectivity index (χ0n) is 9.58. The smallest absolute Gasteiger partial charge is 0.242 e. The Balaban J connectivity index is 1.86. The number of hydrogen-bond donors (Lipinski definition) is 0. The van der Waals surface area contributed by atoms with Gasteiger partial charge in [-0.2, -0.15) is 5.10 Å². The molecule has 5 nitrogen and oxygen atoms in total. The van der Waals surface area contributed by atoms with Gasteiger partial charge in [-0.15, -0.1) is 0 Å². The van der Waals surface area contributed by atoms with Crippen LogP contribution in [0.25, 0.3) is 5.65 Å². The molecule has 2 aromatic rings. The van der Waals surface area contributed by atoms with Crippen LogP contribution in [0.4, 0.5) is 0 Å². The lowest BCUT2D eigenvalue weighted by molar-refractivity contribution is -0.127. The van der Waals surface area contributed by atoms with Gasteiger partial charge in [0, 0.05) is 25.4 Å². The standard InChI is InChI=1S/C12H11ClN4O/c13-9-3-4-11-15-10(8-16(11)7-9)6-14-17-5-1-2-12(17)18/h3-4,6-8H,1-2,5H2/b14-6+. The average molecular weight is 263 g/mol. The summed E-state index contributed by atoms with van der Waals surface area (Å²) in [4.78, 5) is 15.7. The molecule has 0 N–H and O–H groups in total. The van der Waals surface area contributed by atoms with E-state index in [1.54, 1.807) is 18.5 Å². The van der Waals surface area contributed by atoms with E-state index in [0.29, 0.717) is 23.7 Å². The summed E-state index contributed by atoms with van der Waals surface area (Å²) in [7, 11) is 0. The van der Waals surface area contributed by atoms with E-state index in [-0.39, 0.29) is 5.91 Å². The number of aromatic nitrogens is 2. The van der Waals surface area contributed by atoms with E-state index in [9.17, 15) is 4.79 Å². The van der Waals surface area contributed by atoms with Gasteiger partial charge < -0.3 is 4.40 Å². The Morgan fingerprint density at radius 1 is 1.39 bits per heavy atom. The fourth-order valence-corrected chi connectivity index (χ4v) is 2.10. The summed E-state index contributed by atoms with van der Waals surface area (Å²) >= 11 is 5.89. The van der Waals surface area contributed by atoms with Crippen molar-refractivity contribution in [2.75, 3.05) is 6.54 Å². The largest absolute Gasteiger partial charge is 0.305 e. The third-order valence-corrected chi connectivity index (χ3v) is 3.04. The molecule has 3 heterocycles. The van der Waals surface area contributed by atoms with Gasteiger partial charge in [0.1, 0.15) is 11.3 Å². The quantitative estimate of drug-likeness (QED) is 0.777. The SMILES string of the molecule is O=C1CCCN1/N=C/c1cn2cc(Cl)ccc2n1. The van der Waals surface area contributed by atoms with Crippen molar-refractivity contribution in [2.45, 2.75) is 12.8 Å². The Morgan fingerprint density at radius 3 is 3.06 bits per heavy atom. The molecule has 1 saturated heterocycles. The number of carbonyl (C=O) groups is 1. The van der Waals surface area contributed by atoms with Crippen LogP contribution in [-0.2, 0) is 4.79 Å². The van der Waals surface area contributed by atoms with Gasteiger partial charge >= 0.3 is 0 Å². The van der Waals surface area contributed by atoms with Gasteiger partial charge in [0.2, 0.25) is 5.91 Å². The van der Waals surface area contributed by atoms with Crippen LogP contribution in [0.15, 0.2) is 29.6 Å². The van der Waals surface area contributed by atoms with E-state index >= 15 is 0 Å². The van der Waals surface area contributed by atoms with Crippen LogP contribution < -0.4 is 0 Å². The molecule has 0 spiro atoms. The summed E-state index contributed by atoms with van der Waals surface area (Å²) in [5.41, 5.74) is 1.51. The van der Waals surface area contributed by atoms with Crippen LogP contribution in [0.1, 0.15) is 18.5 Å². The first kappa shape index (κ1) is 11.2. The molecule has 18 heavy (non-hydrogen) atoms. The molecule has 0 aliphatic carbocycles. The molecule has 0 unspecified atom stereocenters. The fourth-order valence-electron chi connectivity index (χ4n) is 1.93. The van der Waals surface area contributed by atoms with Crippen LogP contribution in [0.5, 0.6) is 0 Å². The monoisotopic (exact) mass is 262 g/mol. The highest BCUT2D eigenvalue weighted by Crippen LogP contribution is 2.12. The number of hydrogen-bond acceptors (Lipinski definition) is 3. The van der Waals surface area contributed by atoms with Gasteiger partial charge in [0.25, 0.3) is 0 Å². The molecule has 0 radical (unpaired) electrons. The number of halogens is 1. The number of amides is 1. The second-order valence-electron chi connectivity index (χ2n) is 4.14. The molecule has 1 aliphatic rings. The summed E-state index contributed by atoms with van der Waals surface area (Å²) < 4.78 is 1.83. The van der Waals surface area contributed by atoms with E-state index in [4.69, 9.17) is 11.6 Å². The highest BCUT2D eigenvalue weighted by atomic mass is 35.5. The summed E-state index contributed by atoms with van der Waals surface area (Å²) in [6, 6.07) is 3.62. The van der Waals surface area contributed by atoms with Crippen molar-refractivity contribution in [1.29, 1.82) is 0 Å². The van der Waals surface area contributed by atoms with Gasteiger partial charge in [-0.05, 0) is 18.6 Å². The third-order valence-electron chi connectivity index (χ3n) is 2.81. The van der Waals surface area contributed by atoms with E-state index in [0.717, 1.165) is 12.1 Å². The van der Waals surface area contributed by atoms with Crippen LogP contribution in [0.3, 0.4) is 0 Å². The molecule has 1 aliphatic heterocycles. The predicted octanol–water partition coefficient (Wildman–Crippen LogP) is 1.94. The van der Waals surface area contributed by atoms with Crippen molar-refractivity contribution in [3.05, 3.63) is 35.2 Å². The van der Waals surface area contributed by atoms with Crippen molar-refractivity contribution in [1.82, 2.24) is 14.4 Å². The average Bonchev–Trinajstić information content (AvgIpc) is 2.92. The van der Waals surface area contributed by atoms with Crippen molar-refractivity contribution < 1.29 is 4.79 Å². The second kappa shape index (κ2) is 4.42. The Kier molecular flexibility index (Phi) is 2.76. The highest BCUT2D eigenvalue weighted by Gasteiger charge is 2.18. The number of carbonyl (C=O) groups excluding carboxylic acids is 1. The number of nitrogens with zero attached hydrogens (tertiary/aromatic N) is 4. The zero-order chi connectivity index (χ0) is 12.5. The van der Waals surface area contributed by atoms with Crippen molar-refractivity contribution >= 4 is 29.4 Å². The molecule has 0 saturated carbocycles. The van der Waals surface area contributed by atoms with E-state index in [1.165, 1.54) is 5.01 Å². The normalized spacial score (nSPS) is 16.3. The third kappa shape index (κ3) is 2.09. The van der Waals surface area contributed by atoms with Gasteiger partial charge in [0.05, 0.1) is 11.2 Å². The molecule has 0 bridgehead atoms. The first-order chi connectivity index (χ1) is 8.72. The summed E-state index contributed by atoms with van der Waals surface area (Å²) in [6.07, 6.45) is 6.66. The molecule has 0 aromatic carbocycles. The molecule has 1 amide bonds. The van der Waals surface area contributed by atoms with Gasteiger partial charge in [0.15, 0.2) is 0 Å². The number of pyridine rings is 1. The summed E-state index contributed by atoms with van der Waals surface area (Å²) in [6.45, 7) is 0.689. The summed E-state index contributed by atoms with van der Waals surface area (Å²) in [5, 5.41) is 6.28. The van der Waals surface area contributed by atoms with Crippen LogP contribution in [0.2, 0.25) is 5.02 Å². The topological polar surface area (TPSA) is 50.0 Å². The van der Waals surface area contributed by atoms with Gasteiger partial charge in [-0.1, -0.05) is 11.6 Å². The molecule has 6 heteroatoms. The van der Waals surface area contributed by atoms with Crippen molar-refractivity contribution in [3.63, 3.8) is 0 Å². The first-order valence-electron chi connectivity index (χ1n) is 5.71. The molecule has 3 rings (SSSR count). The van der Waals surface area contributed by atoms with Gasteiger partial charge in [-0.3, -0.25) is 4.79 Å². The van der Waals surface area contributed by atoms with Crippen LogP contribution in [0, 0.1) is 0 Å². The lowest BCUT2D eigenvalue weighted by Crippen LogP contribution is -2.17. The number of rotatable bonds is 2. The predicted molar refractivity (Wildman–Crippen MR) is 68.7 cm³/mol. The zero-order valence-corrected chi connectivity index (χ0v) is 10.3. The van der Waals surface area contributed by atoms with E-state index in [2.05, 4.69) is 10.1 Å². The minimum atomic E-state index is 0.0676. The molecular weight excluding hydrogens is 252 g/mol. The Labute approximate surface area is 109 Å². The number of hydrazone groups is 1. The van der Waals surface area contributed by atoms with Crippen LogP contribution in [-0.4, -0.2) is 33.1 Å². The van der Waals surface area contributed by atoms with E-state index in [1.807, 2.05) is 16.7 Å². The highest BCUT2D eigenvalue weighted by molar-refractivity contribution is 6.30. The second-order valence-corrected chi connectivity index (χ2v) is 4.58. The lowest BCUT2D eigenvalue weighted by Gasteiger charge is -2.05. The molecule has 2 aromatic heterocycles. The lowest BCUT2D eigenvalue weighted by atomic mass is 10.4. The first-order valence-corrected chi connectivity index (χ1v) is 6.09. The van der Waals surface area contributed by atoms with Crippen molar-refractivity contribution in [2.24, 2.45) is 5.10 Å². The maximum atomic E-state index is 11.4. The number of fused-ring (bicyclic) bond motifs is 1. The van der Waals surface area contributed by atoms with Crippen LogP contribution >= 0.6 is 11.6 Å². The number of imidazole rings is 1. The summed E-state index contributed by atoms with van der Waals surface area (Å²) in [5.74, 6) is 0.0676. The molecule has 92 valence electrons.